The minimum absolute atomic E-state index is 0.142. The summed E-state index contributed by atoms with van der Waals surface area (Å²) in [6.07, 6.45) is 0.325. The summed E-state index contributed by atoms with van der Waals surface area (Å²) in [5.74, 6) is -0.544. The fourth-order valence-corrected chi connectivity index (χ4v) is 1.87. The first-order valence-corrected chi connectivity index (χ1v) is 6.48. The van der Waals surface area contributed by atoms with E-state index in [0.29, 0.717) is 10.0 Å². The lowest BCUT2D eigenvalue weighted by atomic mass is 10.1. The highest BCUT2D eigenvalue weighted by atomic mass is 35.5. The zero-order valence-corrected chi connectivity index (χ0v) is 12.2. The number of nitrogens with one attached hydrogen (secondary N) is 1. The highest BCUT2D eigenvalue weighted by molar-refractivity contribution is 6.42. The van der Waals surface area contributed by atoms with Crippen LogP contribution >= 0.6 is 23.2 Å². The van der Waals surface area contributed by atoms with Crippen molar-refractivity contribution in [2.45, 2.75) is 25.8 Å². The predicted octanol–water partition coefficient (Wildman–Crippen LogP) is 2.60. The molecule has 0 heterocycles. The maximum atomic E-state index is 11.7. The van der Waals surface area contributed by atoms with Crippen LogP contribution in [0.1, 0.15) is 18.9 Å². The Labute approximate surface area is 122 Å². The maximum absolute atomic E-state index is 11.7. The molecule has 1 amide bonds. The Balaban J connectivity index is 2.50. The van der Waals surface area contributed by atoms with E-state index in [0.717, 1.165) is 5.56 Å². The molecule has 1 unspecified atom stereocenters. The van der Waals surface area contributed by atoms with E-state index in [1.165, 1.54) is 7.11 Å². The standard InChI is InChI=1S/C13H15Cl2NO3/c1-8(5-13(18)19-2)16-12(17)7-9-3-4-10(14)11(15)6-9/h3-4,6,8H,5,7H2,1-2H3,(H,16,17). The molecule has 0 saturated carbocycles. The van der Waals surface area contributed by atoms with E-state index < -0.39 is 0 Å². The summed E-state index contributed by atoms with van der Waals surface area (Å²) in [6, 6.07) is 4.75. The lowest BCUT2D eigenvalue weighted by Gasteiger charge is -2.12. The summed E-state index contributed by atoms with van der Waals surface area (Å²) in [5.41, 5.74) is 0.761. The van der Waals surface area contributed by atoms with E-state index in [9.17, 15) is 9.59 Å². The van der Waals surface area contributed by atoms with Crippen LogP contribution in [0.5, 0.6) is 0 Å². The first-order chi connectivity index (χ1) is 8.92. The van der Waals surface area contributed by atoms with Crippen LogP contribution in [0, 0.1) is 0 Å². The quantitative estimate of drug-likeness (QED) is 0.851. The predicted molar refractivity (Wildman–Crippen MR) is 74.4 cm³/mol. The number of halogens is 2. The first kappa shape index (κ1) is 15.8. The zero-order chi connectivity index (χ0) is 14.4. The summed E-state index contributed by atoms with van der Waals surface area (Å²) < 4.78 is 4.53. The van der Waals surface area contributed by atoms with Gasteiger partial charge in [0.15, 0.2) is 0 Å². The smallest absolute Gasteiger partial charge is 0.307 e. The molecule has 6 heteroatoms. The number of benzene rings is 1. The van der Waals surface area contributed by atoms with Crippen LogP contribution in [-0.4, -0.2) is 25.0 Å². The molecule has 1 rings (SSSR count). The zero-order valence-electron chi connectivity index (χ0n) is 10.7. The van der Waals surface area contributed by atoms with Gasteiger partial charge in [-0.15, -0.1) is 0 Å². The molecule has 0 aliphatic heterocycles. The fourth-order valence-electron chi connectivity index (χ4n) is 1.55. The molecule has 1 aromatic rings. The molecule has 1 aromatic carbocycles. The van der Waals surface area contributed by atoms with Crippen molar-refractivity contribution in [2.75, 3.05) is 7.11 Å². The molecule has 1 N–H and O–H groups in total. The van der Waals surface area contributed by atoms with Crippen LogP contribution in [0.3, 0.4) is 0 Å². The van der Waals surface area contributed by atoms with Gasteiger partial charge in [0, 0.05) is 6.04 Å². The maximum Gasteiger partial charge on any atom is 0.307 e. The second-order valence-electron chi connectivity index (χ2n) is 4.17. The number of carbonyl (C=O) groups excluding carboxylic acids is 2. The molecule has 104 valence electrons. The van der Waals surface area contributed by atoms with E-state index in [2.05, 4.69) is 10.1 Å². The van der Waals surface area contributed by atoms with Gasteiger partial charge in [0.25, 0.3) is 0 Å². The Morgan fingerprint density at radius 3 is 2.58 bits per heavy atom. The average molecular weight is 304 g/mol. The van der Waals surface area contributed by atoms with Crippen molar-refractivity contribution < 1.29 is 14.3 Å². The van der Waals surface area contributed by atoms with Crippen molar-refractivity contribution in [2.24, 2.45) is 0 Å². The number of methoxy groups -OCH3 is 1. The van der Waals surface area contributed by atoms with Gasteiger partial charge in [0.1, 0.15) is 0 Å². The molecule has 19 heavy (non-hydrogen) atoms. The largest absolute Gasteiger partial charge is 0.469 e. The van der Waals surface area contributed by atoms with Gasteiger partial charge in [-0.25, -0.2) is 0 Å². The van der Waals surface area contributed by atoms with Gasteiger partial charge in [-0.05, 0) is 24.6 Å². The number of carbonyl (C=O) groups is 2. The highest BCUT2D eigenvalue weighted by Crippen LogP contribution is 2.22. The molecule has 0 bridgehead atoms. The monoisotopic (exact) mass is 303 g/mol. The second-order valence-corrected chi connectivity index (χ2v) is 4.99. The minimum atomic E-state index is -0.359. The van der Waals surface area contributed by atoms with Crippen molar-refractivity contribution in [1.82, 2.24) is 5.32 Å². The fraction of sp³-hybridized carbons (Fsp3) is 0.385. The summed E-state index contributed by atoms with van der Waals surface area (Å²) in [4.78, 5) is 22.8. The molecular weight excluding hydrogens is 289 g/mol. The molecule has 0 radical (unpaired) electrons. The van der Waals surface area contributed by atoms with Gasteiger partial charge >= 0.3 is 5.97 Å². The van der Waals surface area contributed by atoms with Crippen LogP contribution in [0.2, 0.25) is 10.0 Å². The Kier molecular flexibility index (Phi) is 6.12. The van der Waals surface area contributed by atoms with Crippen LogP contribution < -0.4 is 5.32 Å². The van der Waals surface area contributed by atoms with Gasteiger partial charge in [-0.1, -0.05) is 29.3 Å². The number of esters is 1. The van der Waals surface area contributed by atoms with E-state index in [1.54, 1.807) is 25.1 Å². The molecule has 0 aliphatic rings. The lowest BCUT2D eigenvalue weighted by Crippen LogP contribution is -2.35. The first-order valence-electron chi connectivity index (χ1n) is 5.72. The number of rotatable bonds is 5. The Morgan fingerprint density at radius 1 is 1.32 bits per heavy atom. The van der Waals surface area contributed by atoms with E-state index in [-0.39, 0.29) is 30.8 Å². The summed E-state index contributed by atoms with van der Waals surface area (Å²) in [6.45, 7) is 1.74. The number of hydrogen-bond acceptors (Lipinski definition) is 3. The van der Waals surface area contributed by atoms with Crippen LogP contribution in [-0.2, 0) is 20.7 Å². The Bertz CT molecular complexity index is 477. The van der Waals surface area contributed by atoms with E-state index in [4.69, 9.17) is 23.2 Å². The molecule has 1 atom stereocenters. The van der Waals surface area contributed by atoms with Gasteiger partial charge in [0.2, 0.25) is 5.91 Å². The van der Waals surface area contributed by atoms with Crippen molar-refractivity contribution in [1.29, 1.82) is 0 Å². The summed E-state index contributed by atoms with van der Waals surface area (Å²) in [5, 5.41) is 3.57. The molecular formula is C13H15Cl2NO3. The molecule has 0 aromatic heterocycles. The molecule has 0 fully saturated rings. The topological polar surface area (TPSA) is 55.4 Å². The van der Waals surface area contributed by atoms with Crippen molar-refractivity contribution in [3.05, 3.63) is 33.8 Å². The number of ether oxygens (including phenoxy) is 1. The normalized spacial score (nSPS) is 11.8. The third-order valence-electron chi connectivity index (χ3n) is 2.46. The van der Waals surface area contributed by atoms with E-state index in [1.807, 2.05) is 0 Å². The summed E-state index contributed by atoms with van der Waals surface area (Å²) >= 11 is 11.7. The molecule has 0 spiro atoms. The number of hydrogen-bond donors (Lipinski definition) is 1. The van der Waals surface area contributed by atoms with E-state index >= 15 is 0 Å². The van der Waals surface area contributed by atoms with Crippen molar-refractivity contribution in [3.8, 4) is 0 Å². The molecule has 4 nitrogen and oxygen atoms in total. The molecule has 0 aliphatic carbocycles. The molecule has 0 saturated heterocycles. The summed E-state index contributed by atoms with van der Waals surface area (Å²) in [7, 11) is 1.31. The lowest BCUT2D eigenvalue weighted by molar-refractivity contribution is -0.141. The average Bonchev–Trinajstić information content (AvgIpc) is 2.33. The third kappa shape index (κ3) is 5.49. The van der Waals surface area contributed by atoms with Crippen LogP contribution in [0.15, 0.2) is 18.2 Å². The Morgan fingerprint density at radius 2 is 2.00 bits per heavy atom. The van der Waals surface area contributed by atoms with Crippen molar-refractivity contribution >= 4 is 35.1 Å². The van der Waals surface area contributed by atoms with Crippen molar-refractivity contribution in [3.63, 3.8) is 0 Å². The van der Waals surface area contributed by atoms with Gasteiger partial charge in [0.05, 0.1) is 30.0 Å². The van der Waals surface area contributed by atoms with Gasteiger partial charge < -0.3 is 10.1 Å². The second kappa shape index (κ2) is 7.36. The van der Waals surface area contributed by atoms with Crippen LogP contribution in [0.4, 0.5) is 0 Å². The highest BCUT2D eigenvalue weighted by Gasteiger charge is 2.12. The third-order valence-corrected chi connectivity index (χ3v) is 3.20. The number of amides is 1. The van der Waals surface area contributed by atoms with Gasteiger partial charge in [-0.2, -0.15) is 0 Å². The van der Waals surface area contributed by atoms with Gasteiger partial charge in [-0.3, -0.25) is 9.59 Å². The Hall–Kier alpha value is -1.26. The SMILES string of the molecule is COC(=O)CC(C)NC(=O)Cc1ccc(Cl)c(Cl)c1. The van der Waals surface area contributed by atoms with Crippen LogP contribution in [0.25, 0.3) is 0 Å². The minimum Gasteiger partial charge on any atom is -0.469 e.